The van der Waals surface area contributed by atoms with E-state index in [1.165, 1.54) is 6.07 Å². The Morgan fingerprint density at radius 2 is 2.21 bits per heavy atom. The first-order valence-electron chi connectivity index (χ1n) is 3.98. The van der Waals surface area contributed by atoms with Crippen LogP contribution in [0.15, 0.2) is 29.3 Å². The molecule has 0 heterocycles. The third-order valence-corrected chi connectivity index (χ3v) is 1.85. The molecule has 0 aliphatic rings. The first kappa shape index (κ1) is 11.0. The third-order valence-electron chi connectivity index (χ3n) is 1.58. The first-order chi connectivity index (χ1) is 6.63. The number of nitrogens with zero attached hydrogens (tertiary/aromatic N) is 1. The van der Waals surface area contributed by atoms with E-state index in [1.54, 1.807) is 18.2 Å². The monoisotopic (exact) mass is 212 g/mol. The number of amidine groups is 1. The van der Waals surface area contributed by atoms with Crippen molar-refractivity contribution in [3.05, 3.63) is 24.3 Å². The Morgan fingerprint density at radius 1 is 1.50 bits per heavy atom. The topological polar surface area (TPSA) is 78.8 Å². The maximum Gasteiger partial charge on any atom is 0.488 e. The molecule has 0 aliphatic carbocycles. The van der Waals surface area contributed by atoms with Crippen LogP contribution in [0.1, 0.15) is 0 Å². The molecule has 4 nitrogen and oxygen atoms in total. The molecule has 0 unspecified atom stereocenters. The van der Waals surface area contributed by atoms with E-state index in [1.807, 2.05) is 0 Å². The molecule has 0 amide bonds. The Labute approximate surface area is 87.2 Å². The highest BCUT2D eigenvalue weighted by atomic mass is 35.5. The van der Waals surface area contributed by atoms with Crippen LogP contribution in [0.3, 0.4) is 0 Å². The second kappa shape index (κ2) is 5.00. The molecule has 4 N–H and O–H groups in total. The molecule has 0 aliphatic heterocycles. The zero-order valence-corrected chi connectivity index (χ0v) is 8.15. The van der Waals surface area contributed by atoms with Crippen molar-refractivity contribution in [1.29, 1.82) is 0 Å². The summed E-state index contributed by atoms with van der Waals surface area (Å²) in [5.74, 6) is 0.433. The van der Waals surface area contributed by atoms with Crippen LogP contribution in [0.25, 0.3) is 0 Å². The van der Waals surface area contributed by atoms with Gasteiger partial charge in [-0.15, -0.1) is 11.6 Å². The van der Waals surface area contributed by atoms with Crippen LogP contribution in [-0.2, 0) is 0 Å². The maximum absolute atomic E-state index is 8.89. The van der Waals surface area contributed by atoms with E-state index in [-0.39, 0.29) is 11.7 Å². The normalized spacial score (nSPS) is 11.5. The molecule has 14 heavy (non-hydrogen) atoms. The number of alkyl halides is 1. The molecule has 0 saturated carbocycles. The van der Waals surface area contributed by atoms with Crippen molar-refractivity contribution in [1.82, 2.24) is 0 Å². The largest absolute Gasteiger partial charge is 0.488 e. The van der Waals surface area contributed by atoms with E-state index in [0.717, 1.165) is 0 Å². The van der Waals surface area contributed by atoms with Crippen molar-refractivity contribution < 1.29 is 10.0 Å². The lowest BCUT2D eigenvalue weighted by molar-refractivity contribution is 0.426. The molecule has 1 rings (SSSR count). The lowest BCUT2D eigenvalue weighted by Gasteiger charge is -2.00. The fourth-order valence-electron chi connectivity index (χ4n) is 0.951. The SMILES string of the molecule is NC(CCl)=Nc1cccc(B(O)O)c1. The van der Waals surface area contributed by atoms with Gasteiger partial charge in [-0.1, -0.05) is 12.1 Å². The molecule has 74 valence electrons. The highest BCUT2D eigenvalue weighted by Crippen LogP contribution is 2.08. The van der Waals surface area contributed by atoms with Crippen molar-refractivity contribution >= 4 is 35.7 Å². The second-order valence-electron chi connectivity index (χ2n) is 2.71. The predicted molar refractivity (Wildman–Crippen MR) is 58.3 cm³/mol. The molecular weight excluding hydrogens is 202 g/mol. The van der Waals surface area contributed by atoms with Gasteiger partial charge in [-0.25, -0.2) is 4.99 Å². The molecule has 0 aromatic heterocycles. The van der Waals surface area contributed by atoms with Crippen molar-refractivity contribution in [3.63, 3.8) is 0 Å². The number of halogens is 1. The Bertz CT molecular complexity index is 344. The average molecular weight is 212 g/mol. The summed E-state index contributed by atoms with van der Waals surface area (Å²) in [5.41, 5.74) is 6.34. The maximum atomic E-state index is 8.89. The molecule has 0 saturated heterocycles. The summed E-state index contributed by atoms with van der Waals surface area (Å²) in [6.45, 7) is 0. The predicted octanol–water partition coefficient (Wildman–Crippen LogP) is -0.406. The number of nitrogens with two attached hydrogens (primary N) is 1. The van der Waals surface area contributed by atoms with E-state index < -0.39 is 7.12 Å². The highest BCUT2D eigenvalue weighted by Gasteiger charge is 2.10. The molecule has 0 bridgehead atoms. The highest BCUT2D eigenvalue weighted by molar-refractivity contribution is 6.58. The van der Waals surface area contributed by atoms with Crippen LogP contribution in [-0.4, -0.2) is 28.9 Å². The summed E-state index contributed by atoms with van der Waals surface area (Å²) in [5, 5.41) is 17.8. The molecule has 0 fully saturated rings. The summed E-state index contributed by atoms with van der Waals surface area (Å²) < 4.78 is 0. The Hall–Kier alpha value is -1.04. The number of benzene rings is 1. The smallest absolute Gasteiger partial charge is 0.423 e. The van der Waals surface area contributed by atoms with Crippen LogP contribution in [0.2, 0.25) is 0 Å². The molecule has 0 radical (unpaired) electrons. The lowest BCUT2D eigenvalue weighted by Crippen LogP contribution is -2.29. The summed E-state index contributed by atoms with van der Waals surface area (Å²) in [7, 11) is -1.50. The summed E-state index contributed by atoms with van der Waals surface area (Å²) in [6.07, 6.45) is 0. The van der Waals surface area contributed by atoms with Gasteiger partial charge in [0.2, 0.25) is 0 Å². The molecule has 1 aromatic carbocycles. The standard InChI is InChI=1S/C8H10BClN2O2/c10-5-8(11)12-7-3-1-2-6(4-7)9(13)14/h1-4,13-14H,5H2,(H2,11,12). The summed E-state index contributed by atoms with van der Waals surface area (Å²) in [4.78, 5) is 3.96. The van der Waals surface area contributed by atoms with Crippen molar-refractivity contribution in [3.8, 4) is 0 Å². The molecule has 1 aromatic rings. The van der Waals surface area contributed by atoms with Gasteiger partial charge in [-0.05, 0) is 17.6 Å². The van der Waals surface area contributed by atoms with Crippen LogP contribution < -0.4 is 11.2 Å². The van der Waals surface area contributed by atoms with E-state index in [2.05, 4.69) is 4.99 Å². The van der Waals surface area contributed by atoms with E-state index in [9.17, 15) is 0 Å². The quantitative estimate of drug-likeness (QED) is 0.276. The van der Waals surface area contributed by atoms with Crippen molar-refractivity contribution in [2.24, 2.45) is 10.7 Å². The summed E-state index contributed by atoms with van der Waals surface area (Å²) >= 11 is 5.45. The van der Waals surface area contributed by atoms with Crippen molar-refractivity contribution in [2.75, 3.05) is 5.88 Å². The molecule has 0 spiro atoms. The van der Waals surface area contributed by atoms with Crippen LogP contribution in [0.5, 0.6) is 0 Å². The minimum Gasteiger partial charge on any atom is -0.423 e. The van der Waals surface area contributed by atoms with Crippen LogP contribution in [0, 0.1) is 0 Å². The minimum atomic E-state index is -1.50. The lowest BCUT2D eigenvalue weighted by atomic mass is 9.80. The number of hydrogen-bond acceptors (Lipinski definition) is 3. The Balaban J connectivity index is 2.94. The number of rotatable bonds is 3. The van der Waals surface area contributed by atoms with Gasteiger partial charge in [0, 0.05) is 0 Å². The van der Waals surface area contributed by atoms with Gasteiger partial charge < -0.3 is 15.8 Å². The number of hydrogen-bond donors (Lipinski definition) is 3. The van der Waals surface area contributed by atoms with Crippen molar-refractivity contribution in [2.45, 2.75) is 0 Å². The van der Waals surface area contributed by atoms with E-state index in [4.69, 9.17) is 27.4 Å². The molecule has 0 atom stereocenters. The van der Waals surface area contributed by atoms with Crippen LogP contribution >= 0.6 is 11.6 Å². The summed E-state index contributed by atoms with van der Waals surface area (Å²) in [6, 6.07) is 6.48. The molecule has 6 heteroatoms. The third kappa shape index (κ3) is 3.03. The van der Waals surface area contributed by atoms with Gasteiger partial charge in [0.05, 0.1) is 11.6 Å². The number of aliphatic imine (C=N–C) groups is 1. The van der Waals surface area contributed by atoms with Crippen LogP contribution in [0.4, 0.5) is 5.69 Å². The Morgan fingerprint density at radius 3 is 2.79 bits per heavy atom. The van der Waals surface area contributed by atoms with E-state index in [0.29, 0.717) is 11.2 Å². The first-order valence-corrected chi connectivity index (χ1v) is 4.52. The van der Waals surface area contributed by atoms with Gasteiger partial charge in [0.15, 0.2) is 0 Å². The minimum absolute atomic E-state index is 0.145. The van der Waals surface area contributed by atoms with E-state index >= 15 is 0 Å². The fourth-order valence-corrected chi connectivity index (χ4v) is 1.01. The zero-order chi connectivity index (χ0) is 10.6. The fraction of sp³-hybridized carbons (Fsp3) is 0.125. The molecular formula is C8H10BClN2O2. The van der Waals surface area contributed by atoms with Gasteiger partial charge in [-0.3, -0.25) is 0 Å². The van der Waals surface area contributed by atoms with Gasteiger partial charge in [0.25, 0.3) is 0 Å². The second-order valence-corrected chi connectivity index (χ2v) is 2.97. The van der Waals surface area contributed by atoms with Gasteiger partial charge >= 0.3 is 7.12 Å². The van der Waals surface area contributed by atoms with Gasteiger partial charge in [-0.2, -0.15) is 0 Å². The van der Waals surface area contributed by atoms with Gasteiger partial charge in [0.1, 0.15) is 5.84 Å². The Kier molecular flexibility index (Phi) is 3.94. The zero-order valence-electron chi connectivity index (χ0n) is 7.39. The average Bonchev–Trinajstić information content (AvgIpc) is 2.18.